The van der Waals surface area contributed by atoms with Crippen LogP contribution in [0.25, 0.3) is 10.2 Å². The van der Waals surface area contributed by atoms with Crippen LogP contribution in [0.2, 0.25) is 0 Å². The van der Waals surface area contributed by atoms with Crippen LogP contribution in [0.3, 0.4) is 0 Å². The zero-order chi connectivity index (χ0) is 11.5. The SMILES string of the molecule is CCCC(C)Nc1nc2c(C)cccc2s1. The zero-order valence-corrected chi connectivity index (χ0v) is 10.9. The van der Waals surface area contributed by atoms with E-state index in [1.807, 2.05) is 0 Å². The van der Waals surface area contributed by atoms with Gasteiger partial charge in [-0.3, -0.25) is 0 Å². The van der Waals surface area contributed by atoms with Gasteiger partial charge in [-0.2, -0.15) is 0 Å². The van der Waals surface area contributed by atoms with E-state index in [1.165, 1.54) is 23.1 Å². The second-order valence-electron chi connectivity index (χ2n) is 4.27. The van der Waals surface area contributed by atoms with Crippen LogP contribution in [0, 0.1) is 6.92 Å². The fraction of sp³-hybridized carbons (Fsp3) is 0.462. The van der Waals surface area contributed by atoms with Crippen LogP contribution in [0.5, 0.6) is 0 Å². The van der Waals surface area contributed by atoms with E-state index in [0.29, 0.717) is 6.04 Å². The van der Waals surface area contributed by atoms with Crippen molar-refractivity contribution >= 4 is 26.7 Å². The van der Waals surface area contributed by atoms with Gasteiger partial charge in [0.2, 0.25) is 0 Å². The van der Waals surface area contributed by atoms with Crippen molar-refractivity contribution in [3.8, 4) is 0 Å². The van der Waals surface area contributed by atoms with Crippen LogP contribution in [-0.2, 0) is 0 Å². The first-order chi connectivity index (χ1) is 7.70. The molecule has 3 heteroatoms. The standard InChI is InChI=1S/C13H18N2S/c1-4-6-10(3)14-13-15-12-9(2)7-5-8-11(12)16-13/h5,7-8,10H,4,6H2,1-3H3,(H,14,15). The molecule has 0 aliphatic heterocycles. The lowest BCUT2D eigenvalue weighted by Crippen LogP contribution is -2.13. The summed E-state index contributed by atoms with van der Waals surface area (Å²) in [7, 11) is 0. The van der Waals surface area contributed by atoms with Crippen LogP contribution in [0.1, 0.15) is 32.3 Å². The maximum absolute atomic E-state index is 4.64. The Kier molecular flexibility index (Phi) is 3.44. The molecule has 0 saturated carbocycles. The summed E-state index contributed by atoms with van der Waals surface area (Å²) in [6.45, 7) is 6.53. The number of nitrogens with one attached hydrogen (secondary N) is 1. The third-order valence-corrected chi connectivity index (χ3v) is 3.66. The fourth-order valence-corrected chi connectivity index (χ4v) is 2.92. The predicted molar refractivity (Wildman–Crippen MR) is 72.3 cm³/mol. The third kappa shape index (κ3) is 2.35. The predicted octanol–water partition coefficient (Wildman–Crippen LogP) is 4.21. The first-order valence-electron chi connectivity index (χ1n) is 5.83. The molecule has 0 aliphatic carbocycles. The minimum absolute atomic E-state index is 0.505. The molecule has 1 atom stereocenters. The molecule has 0 aliphatic rings. The summed E-state index contributed by atoms with van der Waals surface area (Å²) in [4.78, 5) is 4.64. The van der Waals surface area contributed by atoms with Crippen molar-refractivity contribution < 1.29 is 0 Å². The van der Waals surface area contributed by atoms with Crippen molar-refractivity contribution in [3.63, 3.8) is 0 Å². The molecule has 1 aromatic heterocycles. The molecule has 0 radical (unpaired) electrons. The highest BCUT2D eigenvalue weighted by Crippen LogP contribution is 2.28. The summed E-state index contributed by atoms with van der Waals surface area (Å²) in [5.74, 6) is 0. The van der Waals surface area contributed by atoms with Gasteiger partial charge in [0.25, 0.3) is 0 Å². The number of rotatable bonds is 4. The monoisotopic (exact) mass is 234 g/mol. The number of thiazole rings is 1. The highest BCUT2D eigenvalue weighted by molar-refractivity contribution is 7.22. The number of aromatic nitrogens is 1. The smallest absolute Gasteiger partial charge is 0.184 e. The van der Waals surface area contributed by atoms with Crippen molar-refractivity contribution in [1.29, 1.82) is 0 Å². The average Bonchev–Trinajstić information content (AvgIpc) is 2.62. The first kappa shape index (κ1) is 11.4. The summed E-state index contributed by atoms with van der Waals surface area (Å²) in [6.07, 6.45) is 2.40. The first-order valence-corrected chi connectivity index (χ1v) is 6.65. The Morgan fingerprint density at radius 2 is 2.25 bits per heavy atom. The van der Waals surface area contributed by atoms with Crippen molar-refractivity contribution in [2.75, 3.05) is 5.32 Å². The summed E-state index contributed by atoms with van der Waals surface area (Å²) in [6, 6.07) is 6.84. The van der Waals surface area contributed by atoms with Crippen molar-refractivity contribution in [2.45, 2.75) is 39.7 Å². The van der Waals surface area contributed by atoms with Gasteiger partial charge in [0.15, 0.2) is 5.13 Å². The van der Waals surface area contributed by atoms with E-state index in [-0.39, 0.29) is 0 Å². The molecule has 1 heterocycles. The van der Waals surface area contributed by atoms with Crippen LogP contribution >= 0.6 is 11.3 Å². The van der Waals surface area contributed by atoms with Gasteiger partial charge in [-0.15, -0.1) is 0 Å². The maximum Gasteiger partial charge on any atom is 0.184 e. The van der Waals surface area contributed by atoms with Gasteiger partial charge in [0, 0.05) is 6.04 Å². The second-order valence-corrected chi connectivity index (χ2v) is 5.31. The number of aryl methyl sites for hydroxylation is 1. The highest BCUT2D eigenvalue weighted by atomic mass is 32.1. The molecule has 0 fully saturated rings. The van der Waals surface area contributed by atoms with Gasteiger partial charge in [0.05, 0.1) is 10.2 Å². The molecular formula is C13H18N2S. The van der Waals surface area contributed by atoms with E-state index in [0.717, 1.165) is 10.6 Å². The summed E-state index contributed by atoms with van der Waals surface area (Å²) < 4.78 is 1.27. The van der Waals surface area contributed by atoms with Gasteiger partial charge in [-0.05, 0) is 31.9 Å². The minimum atomic E-state index is 0.505. The number of nitrogens with zero attached hydrogens (tertiary/aromatic N) is 1. The van der Waals surface area contributed by atoms with Gasteiger partial charge in [-0.1, -0.05) is 36.8 Å². The lowest BCUT2D eigenvalue weighted by atomic mass is 10.2. The molecule has 16 heavy (non-hydrogen) atoms. The fourth-order valence-electron chi connectivity index (χ4n) is 1.86. The molecule has 0 saturated heterocycles. The van der Waals surface area contributed by atoms with Gasteiger partial charge >= 0.3 is 0 Å². The molecule has 1 unspecified atom stereocenters. The Balaban J connectivity index is 2.23. The Morgan fingerprint density at radius 1 is 1.44 bits per heavy atom. The summed E-state index contributed by atoms with van der Waals surface area (Å²) in [5, 5.41) is 4.51. The number of benzene rings is 1. The maximum atomic E-state index is 4.64. The Morgan fingerprint density at radius 3 is 2.94 bits per heavy atom. The van der Waals surface area contributed by atoms with E-state index >= 15 is 0 Å². The lowest BCUT2D eigenvalue weighted by molar-refractivity contribution is 0.690. The highest BCUT2D eigenvalue weighted by Gasteiger charge is 2.07. The number of para-hydroxylation sites is 1. The van der Waals surface area contributed by atoms with Crippen LogP contribution in [0.15, 0.2) is 18.2 Å². The largest absolute Gasteiger partial charge is 0.359 e. The molecule has 2 aromatic rings. The van der Waals surface area contributed by atoms with E-state index < -0.39 is 0 Å². The van der Waals surface area contributed by atoms with E-state index in [9.17, 15) is 0 Å². The molecule has 0 spiro atoms. The number of hydrogen-bond donors (Lipinski definition) is 1. The van der Waals surface area contributed by atoms with E-state index in [4.69, 9.17) is 0 Å². The number of hydrogen-bond acceptors (Lipinski definition) is 3. The lowest BCUT2D eigenvalue weighted by Gasteiger charge is -2.10. The zero-order valence-electron chi connectivity index (χ0n) is 10.1. The van der Waals surface area contributed by atoms with Crippen molar-refractivity contribution in [1.82, 2.24) is 4.98 Å². The van der Waals surface area contributed by atoms with E-state index in [1.54, 1.807) is 11.3 Å². The molecule has 2 rings (SSSR count). The van der Waals surface area contributed by atoms with Crippen molar-refractivity contribution in [2.24, 2.45) is 0 Å². The number of anilines is 1. The summed E-state index contributed by atoms with van der Waals surface area (Å²) in [5.41, 5.74) is 2.39. The summed E-state index contributed by atoms with van der Waals surface area (Å²) >= 11 is 1.74. The molecule has 2 nitrogen and oxygen atoms in total. The topological polar surface area (TPSA) is 24.9 Å². The molecule has 1 aromatic carbocycles. The molecule has 0 bridgehead atoms. The molecule has 86 valence electrons. The second kappa shape index (κ2) is 4.83. The average molecular weight is 234 g/mol. The van der Waals surface area contributed by atoms with Crippen LogP contribution in [0.4, 0.5) is 5.13 Å². The Labute approximate surface area is 101 Å². The van der Waals surface area contributed by atoms with Crippen LogP contribution in [-0.4, -0.2) is 11.0 Å². The van der Waals surface area contributed by atoms with E-state index in [2.05, 4.69) is 49.3 Å². The van der Waals surface area contributed by atoms with Gasteiger partial charge in [0.1, 0.15) is 0 Å². The van der Waals surface area contributed by atoms with Gasteiger partial charge < -0.3 is 5.32 Å². The van der Waals surface area contributed by atoms with Gasteiger partial charge in [-0.25, -0.2) is 4.98 Å². The molecule has 1 N–H and O–H groups in total. The van der Waals surface area contributed by atoms with Crippen molar-refractivity contribution in [3.05, 3.63) is 23.8 Å². The Bertz CT molecular complexity index is 476. The molecule has 0 amide bonds. The normalized spacial score (nSPS) is 12.9. The van der Waals surface area contributed by atoms with Crippen LogP contribution < -0.4 is 5.32 Å². The number of fused-ring (bicyclic) bond motifs is 1. The third-order valence-electron chi connectivity index (χ3n) is 2.71. The molecular weight excluding hydrogens is 216 g/mol. The minimum Gasteiger partial charge on any atom is -0.359 e. The quantitative estimate of drug-likeness (QED) is 0.857. The Hall–Kier alpha value is -1.09.